The molecule has 0 radical (unpaired) electrons. The smallest absolute Gasteiger partial charge is 0.135 e. The average Bonchev–Trinajstić information content (AvgIpc) is 3.62. The van der Waals surface area contributed by atoms with Gasteiger partial charge in [0, 0.05) is 27.6 Å². The van der Waals surface area contributed by atoms with Crippen molar-refractivity contribution in [3.05, 3.63) is 200 Å². The Labute approximate surface area is 327 Å². The molecule has 0 fully saturated rings. The van der Waals surface area contributed by atoms with Crippen molar-refractivity contribution in [3.8, 4) is 33.4 Å². The van der Waals surface area contributed by atoms with Crippen LogP contribution in [0.15, 0.2) is 199 Å². The third-order valence-corrected chi connectivity index (χ3v) is 11.2. The number of rotatable bonds is 6. The Hall–Kier alpha value is -6.90. The van der Waals surface area contributed by atoms with Gasteiger partial charge in [-0.2, -0.15) is 0 Å². The maximum absolute atomic E-state index is 6.17. The molecule has 10 aromatic rings. The molecule has 0 aliphatic heterocycles. The molecule has 9 aromatic carbocycles. The van der Waals surface area contributed by atoms with E-state index in [1.165, 1.54) is 49.4 Å². The minimum absolute atomic E-state index is 0.0208. The zero-order valence-corrected chi connectivity index (χ0v) is 31.8. The molecule has 56 heavy (non-hydrogen) atoms. The summed E-state index contributed by atoms with van der Waals surface area (Å²) in [7, 11) is 0. The first-order valence-corrected chi connectivity index (χ1v) is 19.4. The number of furan rings is 1. The van der Waals surface area contributed by atoms with Crippen LogP contribution >= 0.6 is 0 Å². The summed E-state index contributed by atoms with van der Waals surface area (Å²) in [6, 6.07) is 70.5. The fourth-order valence-corrected chi connectivity index (χ4v) is 8.34. The molecule has 0 N–H and O–H groups in total. The Balaban J connectivity index is 1.23. The third kappa shape index (κ3) is 5.82. The number of nitrogens with zero attached hydrogens (tertiary/aromatic N) is 1. The highest BCUT2D eigenvalue weighted by molar-refractivity contribution is 6.12. The molecule has 268 valence electrons. The number of anilines is 3. The van der Waals surface area contributed by atoms with Gasteiger partial charge in [0.25, 0.3) is 0 Å². The van der Waals surface area contributed by atoms with E-state index in [2.05, 4.69) is 208 Å². The number of hydrogen-bond donors (Lipinski definition) is 0. The van der Waals surface area contributed by atoms with Crippen LogP contribution in [0, 0.1) is 0 Å². The first-order chi connectivity index (χ1) is 27.4. The van der Waals surface area contributed by atoms with Gasteiger partial charge in [-0.25, -0.2) is 0 Å². The molecule has 0 bridgehead atoms. The molecule has 0 spiro atoms. The highest BCUT2D eigenvalue weighted by Gasteiger charge is 2.25. The Bertz CT molecular complexity index is 3050. The van der Waals surface area contributed by atoms with Gasteiger partial charge in [-0.3, -0.25) is 0 Å². The molecule has 0 aliphatic rings. The minimum atomic E-state index is -0.0208. The normalized spacial score (nSPS) is 11.8. The first-order valence-electron chi connectivity index (χ1n) is 19.4. The lowest BCUT2D eigenvalue weighted by Gasteiger charge is -2.32. The van der Waals surface area contributed by atoms with Crippen LogP contribution in [-0.4, -0.2) is 0 Å². The van der Waals surface area contributed by atoms with E-state index in [1.54, 1.807) is 0 Å². The number of fused-ring (bicyclic) bond motifs is 5. The number of hydrogen-bond acceptors (Lipinski definition) is 2. The van der Waals surface area contributed by atoms with E-state index in [9.17, 15) is 0 Å². The van der Waals surface area contributed by atoms with Crippen LogP contribution in [-0.2, 0) is 5.41 Å². The summed E-state index contributed by atoms with van der Waals surface area (Å²) in [4.78, 5) is 2.48. The standard InChI is InChI=1S/C54H41NO/c1-54(2,3)41-28-32-49(47(35-41)38-14-5-4-6-15-38)55(42-29-24-36(25-30-42)40-27-33-52-48(34-40)45-21-11-12-23-51(45)56-52)50-31-26-39-17-8-10-20-44(39)53(50)46-22-13-18-37-16-7-9-19-43(37)46/h4-35H,1-3H3. The van der Waals surface area contributed by atoms with E-state index in [4.69, 9.17) is 4.42 Å². The first kappa shape index (κ1) is 33.7. The molecule has 0 aliphatic carbocycles. The predicted octanol–water partition coefficient (Wildman–Crippen LogP) is 15.7. The molecule has 0 saturated carbocycles. The van der Waals surface area contributed by atoms with Crippen molar-refractivity contribution in [1.29, 1.82) is 0 Å². The predicted molar refractivity (Wildman–Crippen MR) is 238 cm³/mol. The lowest BCUT2D eigenvalue weighted by Crippen LogP contribution is -2.15. The molecule has 1 heterocycles. The maximum atomic E-state index is 6.17. The van der Waals surface area contributed by atoms with Gasteiger partial charge in [0.2, 0.25) is 0 Å². The van der Waals surface area contributed by atoms with Crippen LogP contribution < -0.4 is 4.90 Å². The van der Waals surface area contributed by atoms with Crippen molar-refractivity contribution in [1.82, 2.24) is 0 Å². The van der Waals surface area contributed by atoms with Crippen molar-refractivity contribution in [2.45, 2.75) is 26.2 Å². The van der Waals surface area contributed by atoms with Crippen molar-refractivity contribution < 1.29 is 4.42 Å². The average molecular weight is 720 g/mol. The summed E-state index contributed by atoms with van der Waals surface area (Å²) in [5.41, 5.74) is 13.5. The van der Waals surface area contributed by atoms with Crippen LogP contribution in [0.25, 0.3) is 76.9 Å². The van der Waals surface area contributed by atoms with Gasteiger partial charge in [0.1, 0.15) is 11.2 Å². The Kier molecular flexibility index (Phi) is 8.08. The second kappa shape index (κ2) is 13.4. The van der Waals surface area contributed by atoms with Gasteiger partial charge in [-0.15, -0.1) is 0 Å². The number of benzene rings is 9. The quantitative estimate of drug-likeness (QED) is 0.170. The van der Waals surface area contributed by atoms with Crippen LogP contribution in [0.1, 0.15) is 26.3 Å². The fourth-order valence-electron chi connectivity index (χ4n) is 8.34. The molecule has 0 amide bonds. The molecular formula is C54H41NO. The van der Waals surface area contributed by atoms with Crippen LogP contribution in [0.5, 0.6) is 0 Å². The van der Waals surface area contributed by atoms with E-state index in [1.807, 2.05) is 12.1 Å². The monoisotopic (exact) mass is 719 g/mol. The van der Waals surface area contributed by atoms with E-state index in [-0.39, 0.29) is 5.41 Å². The SMILES string of the molecule is CC(C)(C)c1ccc(N(c2ccc(-c3ccc4oc5ccccc5c4c3)cc2)c2ccc3ccccc3c2-c2cccc3ccccc23)c(-c2ccccc2)c1. The van der Waals surface area contributed by atoms with Gasteiger partial charge in [0.05, 0.1) is 11.4 Å². The van der Waals surface area contributed by atoms with Gasteiger partial charge < -0.3 is 9.32 Å². The molecular weight excluding hydrogens is 679 g/mol. The van der Waals surface area contributed by atoms with Crippen LogP contribution in [0.2, 0.25) is 0 Å². The van der Waals surface area contributed by atoms with Crippen LogP contribution in [0.3, 0.4) is 0 Å². The molecule has 1 aromatic heterocycles. The summed E-state index contributed by atoms with van der Waals surface area (Å²) in [5, 5.41) is 7.15. The lowest BCUT2D eigenvalue weighted by molar-refractivity contribution is 0.590. The van der Waals surface area contributed by atoms with Gasteiger partial charge in [0.15, 0.2) is 0 Å². The Morgan fingerprint density at radius 2 is 1.02 bits per heavy atom. The Morgan fingerprint density at radius 1 is 0.393 bits per heavy atom. The van der Waals surface area contributed by atoms with Crippen LogP contribution in [0.4, 0.5) is 17.1 Å². The van der Waals surface area contributed by atoms with E-state index < -0.39 is 0 Å². The summed E-state index contributed by atoms with van der Waals surface area (Å²) in [6.07, 6.45) is 0. The van der Waals surface area contributed by atoms with E-state index in [0.29, 0.717) is 0 Å². The molecule has 0 unspecified atom stereocenters. The largest absolute Gasteiger partial charge is 0.456 e. The summed E-state index contributed by atoms with van der Waals surface area (Å²) >= 11 is 0. The van der Waals surface area contributed by atoms with Gasteiger partial charge in [-0.1, -0.05) is 166 Å². The van der Waals surface area contributed by atoms with E-state index in [0.717, 1.165) is 50.1 Å². The lowest BCUT2D eigenvalue weighted by atomic mass is 9.84. The van der Waals surface area contributed by atoms with E-state index >= 15 is 0 Å². The molecule has 10 rings (SSSR count). The number of para-hydroxylation sites is 1. The zero-order chi connectivity index (χ0) is 37.8. The fraction of sp³-hybridized carbons (Fsp3) is 0.0741. The maximum Gasteiger partial charge on any atom is 0.135 e. The molecule has 0 saturated heterocycles. The Morgan fingerprint density at radius 3 is 1.80 bits per heavy atom. The van der Waals surface area contributed by atoms with Gasteiger partial charge in [-0.05, 0) is 103 Å². The summed E-state index contributed by atoms with van der Waals surface area (Å²) in [5.74, 6) is 0. The second-order valence-electron chi connectivity index (χ2n) is 15.7. The minimum Gasteiger partial charge on any atom is -0.456 e. The summed E-state index contributed by atoms with van der Waals surface area (Å²) in [6.45, 7) is 6.87. The van der Waals surface area contributed by atoms with Gasteiger partial charge >= 0.3 is 0 Å². The van der Waals surface area contributed by atoms with Crippen molar-refractivity contribution in [3.63, 3.8) is 0 Å². The van der Waals surface area contributed by atoms with Crippen molar-refractivity contribution in [2.75, 3.05) is 4.90 Å². The van der Waals surface area contributed by atoms with Crippen molar-refractivity contribution >= 4 is 60.5 Å². The van der Waals surface area contributed by atoms with Crippen molar-refractivity contribution in [2.24, 2.45) is 0 Å². The molecule has 2 nitrogen and oxygen atoms in total. The highest BCUT2D eigenvalue weighted by Crippen LogP contribution is 2.49. The zero-order valence-electron chi connectivity index (χ0n) is 31.8. The molecule has 0 atom stereocenters. The highest BCUT2D eigenvalue weighted by atomic mass is 16.3. The molecule has 2 heteroatoms. The second-order valence-corrected chi connectivity index (χ2v) is 15.7. The summed E-state index contributed by atoms with van der Waals surface area (Å²) < 4.78 is 6.17. The third-order valence-electron chi connectivity index (χ3n) is 11.2. The topological polar surface area (TPSA) is 16.4 Å².